The van der Waals surface area contributed by atoms with Crippen molar-refractivity contribution in [2.45, 2.75) is 33.5 Å². The molecule has 0 saturated carbocycles. The van der Waals surface area contributed by atoms with Crippen LogP contribution in [0.4, 0.5) is 0 Å². The second kappa shape index (κ2) is 8.65. The quantitative estimate of drug-likeness (QED) is 0.573. The molecule has 6 nitrogen and oxygen atoms in total. The fraction of sp³-hybridized carbons (Fsp3) is 0.450. The number of piperazine rings is 1. The van der Waals surface area contributed by atoms with E-state index in [1.165, 1.54) is 11.1 Å². The van der Waals surface area contributed by atoms with Gasteiger partial charge in [-0.25, -0.2) is 9.67 Å². The first kappa shape index (κ1) is 19.4. The topological polar surface area (TPSA) is 50.3 Å². The molecular weight excluding hydrogens is 390 g/mol. The maximum atomic E-state index is 5.68. The fourth-order valence-electron chi connectivity index (χ4n) is 3.46. The number of hydrogen-bond acceptors (Lipinski definition) is 7. The van der Waals surface area contributed by atoms with Crippen molar-refractivity contribution >= 4 is 23.6 Å². The van der Waals surface area contributed by atoms with E-state index in [9.17, 15) is 0 Å². The van der Waals surface area contributed by atoms with Crippen molar-refractivity contribution in [3.8, 4) is 0 Å². The summed E-state index contributed by atoms with van der Waals surface area (Å²) in [7, 11) is 0. The number of benzene rings is 1. The average Bonchev–Trinajstić information content (AvgIpc) is 3.24. The highest BCUT2D eigenvalue weighted by atomic mass is 32.1. The summed E-state index contributed by atoms with van der Waals surface area (Å²) in [5.41, 5.74) is 3.76. The Morgan fingerprint density at radius 2 is 1.86 bits per heavy atom. The van der Waals surface area contributed by atoms with Gasteiger partial charge in [-0.3, -0.25) is 9.80 Å². The van der Waals surface area contributed by atoms with E-state index in [-0.39, 0.29) is 0 Å². The predicted molar refractivity (Wildman–Crippen MR) is 113 cm³/mol. The van der Waals surface area contributed by atoms with E-state index in [0.717, 1.165) is 43.4 Å². The minimum absolute atomic E-state index is 0.435. The molecule has 0 spiro atoms. The van der Waals surface area contributed by atoms with Gasteiger partial charge in [0.2, 0.25) is 5.89 Å². The first-order valence-electron chi connectivity index (χ1n) is 9.54. The van der Waals surface area contributed by atoms with Crippen molar-refractivity contribution in [1.82, 2.24) is 24.6 Å². The predicted octanol–water partition coefficient (Wildman–Crippen LogP) is 3.65. The Kier molecular flexibility index (Phi) is 6.01. The van der Waals surface area contributed by atoms with Gasteiger partial charge >= 0.3 is 0 Å². The van der Waals surface area contributed by atoms with Gasteiger partial charge in [0.25, 0.3) is 4.84 Å². The van der Waals surface area contributed by atoms with Crippen molar-refractivity contribution < 1.29 is 4.42 Å². The third-order valence-electron chi connectivity index (χ3n) is 5.10. The summed E-state index contributed by atoms with van der Waals surface area (Å²) in [5.74, 6) is 0.633. The Hall–Kier alpha value is -1.87. The molecule has 0 atom stereocenters. The lowest BCUT2D eigenvalue weighted by molar-refractivity contribution is 0.0972. The maximum Gasteiger partial charge on any atom is 0.288 e. The summed E-state index contributed by atoms with van der Waals surface area (Å²) < 4.78 is 7.47. The van der Waals surface area contributed by atoms with E-state index in [1.807, 2.05) is 12.3 Å². The summed E-state index contributed by atoms with van der Waals surface area (Å²) in [6.45, 7) is 9.97. The zero-order valence-corrected chi connectivity index (χ0v) is 17.9. The summed E-state index contributed by atoms with van der Waals surface area (Å²) >= 11 is 7.00. The van der Waals surface area contributed by atoms with Crippen LogP contribution in [0.15, 0.2) is 34.1 Å². The molecule has 0 radical (unpaired) electrons. The van der Waals surface area contributed by atoms with Crippen molar-refractivity contribution in [1.29, 1.82) is 0 Å². The molecule has 1 fully saturated rings. The van der Waals surface area contributed by atoms with E-state index in [0.29, 0.717) is 23.8 Å². The first-order valence-corrected chi connectivity index (χ1v) is 10.8. The van der Waals surface area contributed by atoms with E-state index in [4.69, 9.17) is 16.6 Å². The number of thiazole rings is 1. The highest BCUT2D eigenvalue weighted by molar-refractivity contribution is 7.71. The molecule has 1 aromatic carbocycles. The van der Waals surface area contributed by atoms with Gasteiger partial charge in [-0.2, -0.15) is 0 Å². The summed E-state index contributed by atoms with van der Waals surface area (Å²) in [6.07, 6.45) is 0.588. The molecule has 3 heterocycles. The summed E-state index contributed by atoms with van der Waals surface area (Å²) in [5, 5.41) is 7.66. The molecule has 3 aromatic rings. The van der Waals surface area contributed by atoms with Crippen molar-refractivity contribution in [3.63, 3.8) is 0 Å². The van der Waals surface area contributed by atoms with Gasteiger partial charge in [0, 0.05) is 38.1 Å². The minimum atomic E-state index is 0.435. The van der Waals surface area contributed by atoms with Crippen LogP contribution in [-0.2, 0) is 19.6 Å². The van der Waals surface area contributed by atoms with Crippen LogP contribution in [0.1, 0.15) is 27.7 Å². The zero-order valence-electron chi connectivity index (χ0n) is 16.3. The molecule has 0 unspecified atom stereocenters. The number of nitrogens with zero attached hydrogens (tertiary/aromatic N) is 5. The first-order chi connectivity index (χ1) is 13.6. The number of aryl methyl sites for hydroxylation is 2. The molecular formula is C20H25N5OS2. The molecule has 148 valence electrons. The molecule has 0 amide bonds. The standard InChI is InChI=1S/C20H25N5OS2/c1-15-5-3-4-6-17(15)12-23-7-9-24(10-8-23)14-25-20(27)26-19(22-25)11-18-13-28-16(2)21-18/h3-6,13H,7-12,14H2,1-2H3. The number of aromatic nitrogens is 3. The third-order valence-corrected chi connectivity index (χ3v) is 6.22. The molecule has 8 heteroatoms. The van der Waals surface area contributed by atoms with Crippen LogP contribution in [0.3, 0.4) is 0 Å². The Labute approximate surface area is 174 Å². The molecule has 28 heavy (non-hydrogen) atoms. The van der Waals surface area contributed by atoms with Gasteiger partial charge in [-0.05, 0) is 37.2 Å². The zero-order chi connectivity index (χ0) is 19.5. The van der Waals surface area contributed by atoms with E-state index >= 15 is 0 Å². The fourth-order valence-corrected chi connectivity index (χ4v) is 4.27. The van der Waals surface area contributed by atoms with Gasteiger partial charge in [-0.1, -0.05) is 24.3 Å². The number of rotatable bonds is 6. The minimum Gasteiger partial charge on any atom is -0.414 e. The van der Waals surface area contributed by atoms with Gasteiger partial charge in [0.05, 0.1) is 23.8 Å². The lowest BCUT2D eigenvalue weighted by Gasteiger charge is -2.34. The Morgan fingerprint density at radius 1 is 1.11 bits per heavy atom. The van der Waals surface area contributed by atoms with Crippen LogP contribution in [0.5, 0.6) is 0 Å². The summed E-state index contributed by atoms with van der Waals surface area (Å²) in [4.78, 5) is 9.79. The van der Waals surface area contributed by atoms with Crippen molar-refractivity contribution in [2.24, 2.45) is 0 Å². The van der Waals surface area contributed by atoms with Crippen LogP contribution in [-0.4, -0.2) is 50.7 Å². The molecule has 1 saturated heterocycles. The van der Waals surface area contributed by atoms with E-state index in [2.05, 4.69) is 51.1 Å². The lowest BCUT2D eigenvalue weighted by Crippen LogP contribution is -2.46. The van der Waals surface area contributed by atoms with Gasteiger partial charge in [-0.15, -0.1) is 16.4 Å². The van der Waals surface area contributed by atoms with Crippen LogP contribution < -0.4 is 0 Å². The molecule has 4 rings (SSSR count). The molecule has 0 N–H and O–H groups in total. The van der Waals surface area contributed by atoms with E-state index < -0.39 is 0 Å². The Morgan fingerprint density at radius 3 is 2.57 bits per heavy atom. The molecule has 1 aliphatic rings. The van der Waals surface area contributed by atoms with Crippen LogP contribution in [0.25, 0.3) is 0 Å². The third kappa shape index (κ3) is 4.75. The normalized spacial score (nSPS) is 15.9. The highest BCUT2D eigenvalue weighted by Crippen LogP contribution is 2.15. The second-order valence-electron chi connectivity index (χ2n) is 7.26. The SMILES string of the molecule is Cc1nc(Cc2nn(CN3CCN(Cc4ccccc4C)CC3)c(=S)o2)cs1. The van der Waals surface area contributed by atoms with Crippen LogP contribution in [0, 0.1) is 18.7 Å². The van der Waals surface area contributed by atoms with Gasteiger partial charge in [0.1, 0.15) is 0 Å². The highest BCUT2D eigenvalue weighted by Gasteiger charge is 2.19. The van der Waals surface area contributed by atoms with Crippen LogP contribution >= 0.6 is 23.6 Å². The van der Waals surface area contributed by atoms with E-state index in [1.54, 1.807) is 16.0 Å². The Balaban J connectivity index is 1.31. The average molecular weight is 416 g/mol. The van der Waals surface area contributed by atoms with Crippen LogP contribution in [0.2, 0.25) is 0 Å². The molecule has 0 bridgehead atoms. The Bertz CT molecular complexity index is 984. The van der Waals surface area contributed by atoms with Crippen molar-refractivity contribution in [2.75, 3.05) is 26.2 Å². The smallest absolute Gasteiger partial charge is 0.288 e. The van der Waals surface area contributed by atoms with Gasteiger partial charge < -0.3 is 4.42 Å². The molecule has 2 aromatic heterocycles. The summed E-state index contributed by atoms with van der Waals surface area (Å²) in [6, 6.07) is 8.63. The lowest BCUT2D eigenvalue weighted by atomic mass is 10.1. The molecule has 1 aliphatic heterocycles. The monoisotopic (exact) mass is 415 g/mol. The number of hydrogen-bond donors (Lipinski definition) is 0. The molecule has 0 aliphatic carbocycles. The second-order valence-corrected chi connectivity index (χ2v) is 8.67. The van der Waals surface area contributed by atoms with Crippen molar-refractivity contribution in [3.05, 3.63) is 62.2 Å². The largest absolute Gasteiger partial charge is 0.414 e. The maximum absolute atomic E-state index is 5.68. The van der Waals surface area contributed by atoms with Gasteiger partial charge in [0.15, 0.2) is 0 Å².